The Morgan fingerprint density at radius 2 is 1.78 bits per heavy atom. The molecule has 5 rings (SSSR count). The molecule has 0 saturated heterocycles. The lowest BCUT2D eigenvalue weighted by atomic mass is 9.94. The number of amides is 1. The van der Waals surface area contributed by atoms with Gasteiger partial charge in [0.1, 0.15) is 29.5 Å². The topological polar surface area (TPSA) is 78.5 Å². The molecule has 3 aromatic carbocycles. The van der Waals surface area contributed by atoms with Crippen molar-refractivity contribution >= 4 is 5.91 Å². The predicted molar refractivity (Wildman–Crippen MR) is 145 cm³/mol. The zero-order valence-corrected chi connectivity index (χ0v) is 21.6. The number of ether oxygens (including phenoxy) is 1. The Hall–Kier alpha value is -4.06. The van der Waals surface area contributed by atoms with Gasteiger partial charge in [-0.25, -0.2) is 0 Å². The highest BCUT2D eigenvalue weighted by Crippen LogP contribution is 2.45. The summed E-state index contributed by atoms with van der Waals surface area (Å²) >= 11 is 0. The summed E-state index contributed by atoms with van der Waals surface area (Å²) in [5.41, 5.74) is 6.50. The Balaban J connectivity index is 1.51. The van der Waals surface area contributed by atoms with Crippen LogP contribution in [-0.2, 0) is 6.61 Å². The standard InChI is InChI=1S/C31H33N3O3/c1-4-5-9-16-34-29(23-12-14-24(15-13-23)37-19-22-10-7-6-8-11-22)26-27(32-33-28(26)31(34)36)25-18-20(2)17-21(3)30(25)35/h6-8,10-15,17-18,29,35H,4-5,9,16,19H2,1-3H3,(H,32,33). The molecule has 4 aromatic rings. The number of aromatic nitrogens is 2. The molecule has 1 unspecified atom stereocenters. The summed E-state index contributed by atoms with van der Waals surface area (Å²) < 4.78 is 5.99. The molecule has 1 amide bonds. The van der Waals surface area contributed by atoms with Crippen LogP contribution in [0.2, 0.25) is 0 Å². The summed E-state index contributed by atoms with van der Waals surface area (Å²) in [4.78, 5) is 15.5. The average Bonchev–Trinajstić information content (AvgIpc) is 3.45. The minimum Gasteiger partial charge on any atom is -0.507 e. The highest BCUT2D eigenvalue weighted by molar-refractivity contribution is 6.00. The van der Waals surface area contributed by atoms with E-state index in [9.17, 15) is 9.90 Å². The lowest BCUT2D eigenvalue weighted by molar-refractivity contribution is 0.0740. The van der Waals surface area contributed by atoms with Crippen LogP contribution in [0.1, 0.15) is 70.5 Å². The van der Waals surface area contributed by atoms with Crippen LogP contribution in [0.3, 0.4) is 0 Å². The first-order valence-corrected chi connectivity index (χ1v) is 12.9. The second-order valence-electron chi connectivity index (χ2n) is 9.79. The molecule has 6 nitrogen and oxygen atoms in total. The molecule has 1 aliphatic rings. The van der Waals surface area contributed by atoms with Crippen LogP contribution in [-0.4, -0.2) is 32.7 Å². The second-order valence-corrected chi connectivity index (χ2v) is 9.79. The lowest BCUT2D eigenvalue weighted by Crippen LogP contribution is -2.30. The number of hydrogen-bond acceptors (Lipinski definition) is 4. The Bertz CT molecular complexity index is 1390. The van der Waals surface area contributed by atoms with E-state index < -0.39 is 0 Å². The molecule has 0 fully saturated rings. The third-order valence-corrected chi connectivity index (χ3v) is 7.01. The first-order chi connectivity index (χ1) is 18.0. The number of hydrogen-bond donors (Lipinski definition) is 2. The number of fused-ring (bicyclic) bond motifs is 1. The quantitative estimate of drug-likeness (QED) is 0.253. The highest BCUT2D eigenvalue weighted by Gasteiger charge is 2.42. The Kier molecular flexibility index (Phi) is 6.99. The fourth-order valence-corrected chi connectivity index (χ4v) is 5.14. The van der Waals surface area contributed by atoms with E-state index in [0.717, 1.165) is 52.8 Å². The number of nitrogens with one attached hydrogen (secondary N) is 1. The number of benzene rings is 3. The van der Waals surface area contributed by atoms with Gasteiger partial charge in [0.15, 0.2) is 0 Å². The van der Waals surface area contributed by atoms with Crippen molar-refractivity contribution in [1.82, 2.24) is 15.1 Å². The van der Waals surface area contributed by atoms with Gasteiger partial charge in [-0.3, -0.25) is 9.89 Å². The summed E-state index contributed by atoms with van der Waals surface area (Å²) in [5.74, 6) is 0.914. The van der Waals surface area contributed by atoms with Crippen molar-refractivity contribution in [3.8, 4) is 22.8 Å². The SMILES string of the molecule is CCCCCN1C(=O)c2[nH]nc(-c3cc(C)cc(C)c3O)c2C1c1ccc(OCc2ccccc2)cc1. The molecule has 6 heteroatoms. The summed E-state index contributed by atoms with van der Waals surface area (Å²) in [6.45, 7) is 7.19. The predicted octanol–water partition coefficient (Wildman–Crippen LogP) is 6.71. The van der Waals surface area contributed by atoms with Crippen LogP contribution >= 0.6 is 0 Å². The van der Waals surface area contributed by atoms with E-state index in [4.69, 9.17) is 4.74 Å². The number of nitrogens with zero attached hydrogens (tertiary/aromatic N) is 2. The molecule has 190 valence electrons. The van der Waals surface area contributed by atoms with Gasteiger partial charge in [-0.05, 0) is 60.7 Å². The summed E-state index contributed by atoms with van der Waals surface area (Å²) in [7, 11) is 0. The van der Waals surface area contributed by atoms with Crippen molar-refractivity contribution in [3.63, 3.8) is 0 Å². The zero-order chi connectivity index (χ0) is 25.9. The number of H-pyrrole nitrogens is 1. The van der Waals surface area contributed by atoms with Gasteiger partial charge >= 0.3 is 0 Å². The molecule has 2 heterocycles. The average molecular weight is 496 g/mol. The second kappa shape index (κ2) is 10.5. The maximum absolute atomic E-state index is 13.5. The zero-order valence-electron chi connectivity index (χ0n) is 21.6. The van der Waals surface area contributed by atoms with Gasteiger partial charge in [0, 0.05) is 17.7 Å². The van der Waals surface area contributed by atoms with Gasteiger partial charge in [-0.2, -0.15) is 5.10 Å². The number of aromatic hydroxyl groups is 1. The van der Waals surface area contributed by atoms with Gasteiger partial charge < -0.3 is 14.7 Å². The number of rotatable bonds is 9. The van der Waals surface area contributed by atoms with Gasteiger partial charge in [0.25, 0.3) is 5.91 Å². The van der Waals surface area contributed by atoms with Gasteiger partial charge in [-0.1, -0.05) is 68.3 Å². The summed E-state index contributed by atoms with van der Waals surface area (Å²) in [5, 5.41) is 18.4. The maximum atomic E-state index is 13.5. The smallest absolute Gasteiger partial charge is 0.273 e. The molecule has 0 radical (unpaired) electrons. The third-order valence-electron chi connectivity index (χ3n) is 7.01. The number of aryl methyl sites for hydroxylation is 2. The molecule has 1 atom stereocenters. The van der Waals surface area contributed by atoms with Crippen molar-refractivity contribution in [2.75, 3.05) is 6.54 Å². The minimum atomic E-state index is -0.295. The molecular formula is C31H33N3O3. The van der Waals surface area contributed by atoms with Gasteiger partial charge in [0.05, 0.1) is 6.04 Å². The van der Waals surface area contributed by atoms with Gasteiger partial charge in [-0.15, -0.1) is 0 Å². The van der Waals surface area contributed by atoms with Crippen molar-refractivity contribution in [1.29, 1.82) is 0 Å². The van der Waals surface area contributed by atoms with Crippen molar-refractivity contribution in [3.05, 3.63) is 100 Å². The van der Waals surface area contributed by atoms with Crippen LogP contribution in [0.4, 0.5) is 0 Å². The van der Waals surface area contributed by atoms with Crippen molar-refractivity contribution < 1.29 is 14.6 Å². The minimum absolute atomic E-state index is 0.0527. The van der Waals surface area contributed by atoms with Crippen molar-refractivity contribution in [2.45, 2.75) is 52.7 Å². The monoisotopic (exact) mass is 495 g/mol. The highest BCUT2D eigenvalue weighted by atomic mass is 16.5. The van der Waals surface area contributed by atoms with E-state index >= 15 is 0 Å². The largest absolute Gasteiger partial charge is 0.507 e. The fraction of sp³-hybridized carbons (Fsp3) is 0.290. The fourth-order valence-electron chi connectivity index (χ4n) is 5.14. The van der Waals surface area contributed by atoms with E-state index in [2.05, 4.69) is 17.1 Å². The molecule has 1 aromatic heterocycles. The van der Waals surface area contributed by atoms with E-state index in [-0.39, 0.29) is 17.7 Å². The Morgan fingerprint density at radius 1 is 1.03 bits per heavy atom. The van der Waals surface area contributed by atoms with Crippen LogP contribution in [0.15, 0.2) is 66.7 Å². The number of phenolic OH excluding ortho intramolecular Hbond substituents is 1. The molecule has 0 saturated carbocycles. The molecular weight excluding hydrogens is 462 g/mol. The number of phenols is 1. The molecule has 0 aliphatic carbocycles. The molecule has 1 aliphatic heterocycles. The van der Waals surface area contributed by atoms with Crippen LogP contribution < -0.4 is 4.74 Å². The lowest BCUT2D eigenvalue weighted by Gasteiger charge is -2.26. The van der Waals surface area contributed by atoms with E-state index in [1.807, 2.05) is 85.5 Å². The Labute approximate surface area is 217 Å². The first kappa shape index (κ1) is 24.6. The summed E-state index contributed by atoms with van der Waals surface area (Å²) in [6.07, 6.45) is 3.06. The molecule has 2 N–H and O–H groups in total. The van der Waals surface area contributed by atoms with Gasteiger partial charge in [0.2, 0.25) is 0 Å². The number of unbranched alkanes of at least 4 members (excludes halogenated alkanes) is 2. The molecule has 0 spiro atoms. The number of aromatic amines is 1. The first-order valence-electron chi connectivity index (χ1n) is 12.9. The van der Waals surface area contributed by atoms with Crippen LogP contribution in [0, 0.1) is 13.8 Å². The number of carbonyl (C=O) groups excluding carboxylic acids is 1. The number of carbonyl (C=O) groups is 1. The third kappa shape index (κ3) is 4.84. The van der Waals surface area contributed by atoms with Crippen LogP contribution in [0.5, 0.6) is 11.5 Å². The van der Waals surface area contributed by atoms with E-state index in [0.29, 0.717) is 30.1 Å². The van der Waals surface area contributed by atoms with Crippen LogP contribution in [0.25, 0.3) is 11.3 Å². The van der Waals surface area contributed by atoms with Crippen molar-refractivity contribution in [2.24, 2.45) is 0 Å². The normalized spacial score (nSPS) is 14.7. The maximum Gasteiger partial charge on any atom is 0.273 e. The van der Waals surface area contributed by atoms with E-state index in [1.165, 1.54) is 0 Å². The van der Waals surface area contributed by atoms with E-state index in [1.54, 1.807) is 0 Å². The molecule has 37 heavy (non-hydrogen) atoms. The summed E-state index contributed by atoms with van der Waals surface area (Å²) in [6, 6.07) is 21.6. The Morgan fingerprint density at radius 3 is 2.51 bits per heavy atom. The molecule has 0 bridgehead atoms.